The summed E-state index contributed by atoms with van der Waals surface area (Å²) in [6.45, 7) is 5.77. The van der Waals surface area contributed by atoms with E-state index in [2.05, 4.69) is 20.7 Å². The van der Waals surface area contributed by atoms with Crippen LogP contribution in [0, 0.1) is 6.92 Å². The van der Waals surface area contributed by atoms with Crippen molar-refractivity contribution in [2.24, 2.45) is 0 Å². The van der Waals surface area contributed by atoms with Gasteiger partial charge >= 0.3 is 6.03 Å². The first-order valence-electron chi connectivity index (χ1n) is 8.83. The van der Waals surface area contributed by atoms with Gasteiger partial charge in [-0.3, -0.25) is 0 Å². The molecule has 7 nitrogen and oxygen atoms in total. The number of nitrogens with one attached hydrogen (secondary N) is 2. The molecular formula is C18H25N5O2. The molecule has 2 amide bonds. The number of carbonyl (C=O) groups excluding carboxylic acids is 1. The largest absolute Gasteiger partial charge is 0.491 e. The van der Waals surface area contributed by atoms with Gasteiger partial charge in [0.25, 0.3) is 0 Å². The van der Waals surface area contributed by atoms with Gasteiger partial charge < -0.3 is 15.4 Å². The molecule has 1 aliphatic rings. The lowest BCUT2D eigenvalue weighted by Gasteiger charge is -2.23. The summed E-state index contributed by atoms with van der Waals surface area (Å²) in [6, 6.07) is 7.55. The van der Waals surface area contributed by atoms with E-state index in [0.29, 0.717) is 13.2 Å². The lowest BCUT2D eigenvalue weighted by Crippen LogP contribution is -2.41. The molecule has 134 valence electrons. The summed E-state index contributed by atoms with van der Waals surface area (Å²) >= 11 is 0. The first-order chi connectivity index (χ1) is 12.2. The zero-order valence-electron chi connectivity index (χ0n) is 14.8. The molecule has 1 aromatic heterocycles. The van der Waals surface area contributed by atoms with Crippen molar-refractivity contribution in [2.45, 2.75) is 45.7 Å². The quantitative estimate of drug-likeness (QED) is 0.789. The van der Waals surface area contributed by atoms with Crippen LogP contribution < -0.4 is 15.4 Å². The zero-order valence-corrected chi connectivity index (χ0v) is 14.8. The molecule has 0 radical (unpaired) electrons. The van der Waals surface area contributed by atoms with E-state index in [4.69, 9.17) is 4.74 Å². The highest BCUT2D eigenvalue weighted by Gasteiger charge is 2.25. The SMILES string of the molecule is CCc1nc2n(n1)CCC[C@@H]2NC(=O)NCCOc1ccccc1C. The van der Waals surface area contributed by atoms with Crippen molar-refractivity contribution in [3.05, 3.63) is 41.5 Å². The Morgan fingerprint density at radius 2 is 2.24 bits per heavy atom. The lowest BCUT2D eigenvalue weighted by molar-refractivity contribution is 0.228. The van der Waals surface area contributed by atoms with Crippen molar-refractivity contribution in [2.75, 3.05) is 13.2 Å². The maximum Gasteiger partial charge on any atom is 0.315 e. The molecule has 1 aliphatic heterocycles. The van der Waals surface area contributed by atoms with Gasteiger partial charge in [-0.15, -0.1) is 0 Å². The van der Waals surface area contributed by atoms with Gasteiger partial charge in [-0.1, -0.05) is 25.1 Å². The van der Waals surface area contributed by atoms with Gasteiger partial charge in [0, 0.05) is 13.0 Å². The minimum atomic E-state index is -0.201. The van der Waals surface area contributed by atoms with Crippen LogP contribution in [-0.4, -0.2) is 33.9 Å². The average molecular weight is 343 g/mol. The maximum absolute atomic E-state index is 12.1. The third-order valence-electron chi connectivity index (χ3n) is 4.28. The molecule has 25 heavy (non-hydrogen) atoms. The second kappa shape index (κ2) is 8.00. The predicted molar refractivity (Wildman–Crippen MR) is 94.6 cm³/mol. The highest BCUT2D eigenvalue weighted by atomic mass is 16.5. The second-order valence-electron chi connectivity index (χ2n) is 6.17. The molecule has 2 aromatic rings. The zero-order chi connectivity index (χ0) is 17.6. The summed E-state index contributed by atoms with van der Waals surface area (Å²) in [5.74, 6) is 2.53. The molecule has 7 heteroatoms. The number of carbonyl (C=O) groups is 1. The number of nitrogens with zero attached hydrogens (tertiary/aromatic N) is 3. The molecule has 3 rings (SSSR count). The van der Waals surface area contributed by atoms with Gasteiger partial charge in [-0.25, -0.2) is 14.5 Å². The third-order valence-corrected chi connectivity index (χ3v) is 4.28. The van der Waals surface area contributed by atoms with Crippen molar-refractivity contribution >= 4 is 6.03 Å². The summed E-state index contributed by atoms with van der Waals surface area (Å²) in [5, 5.41) is 10.3. The number of rotatable bonds is 6. The van der Waals surface area contributed by atoms with Crippen molar-refractivity contribution in [3.8, 4) is 5.75 Å². The molecule has 1 atom stereocenters. The smallest absolute Gasteiger partial charge is 0.315 e. The van der Waals surface area contributed by atoms with E-state index in [1.54, 1.807) is 0 Å². The number of hydrogen-bond acceptors (Lipinski definition) is 4. The summed E-state index contributed by atoms with van der Waals surface area (Å²) < 4.78 is 7.59. The Morgan fingerprint density at radius 3 is 3.04 bits per heavy atom. The first-order valence-corrected chi connectivity index (χ1v) is 8.83. The molecule has 0 aliphatic carbocycles. The summed E-state index contributed by atoms with van der Waals surface area (Å²) in [5.41, 5.74) is 1.08. The van der Waals surface area contributed by atoms with Crippen LogP contribution in [0.4, 0.5) is 4.79 Å². The Labute approximate surface area is 147 Å². The minimum absolute atomic E-state index is 0.0844. The fraction of sp³-hybridized carbons (Fsp3) is 0.500. The van der Waals surface area contributed by atoms with Crippen LogP contribution in [0.15, 0.2) is 24.3 Å². The fourth-order valence-electron chi connectivity index (χ4n) is 2.94. The van der Waals surface area contributed by atoms with Crippen LogP contribution in [0.5, 0.6) is 5.75 Å². The summed E-state index contributed by atoms with van der Waals surface area (Å²) in [7, 11) is 0. The number of para-hydroxylation sites is 1. The number of hydrogen-bond donors (Lipinski definition) is 2. The van der Waals surface area contributed by atoms with Crippen molar-refractivity contribution < 1.29 is 9.53 Å². The Bertz CT molecular complexity index is 728. The highest BCUT2D eigenvalue weighted by Crippen LogP contribution is 2.23. The number of urea groups is 1. The molecule has 2 N–H and O–H groups in total. The molecular weight excluding hydrogens is 318 g/mol. The lowest BCUT2D eigenvalue weighted by atomic mass is 10.1. The normalized spacial score (nSPS) is 16.2. The molecule has 0 saturated carbocycles. The van der Waals surface area contributed by atoms with E-state index in [-0.39, 0.29) is 12.1 Å². The number of amides is 2. The van der Waals surface area contributed by atoms with Gasteiger partial charge in [0.2, 0.25) is 0 Å². The van der Waals surface area contributed by atoms with Crippen LogP contribution in [0.25, 0.3) is 0 Å². The van der Waals surface area contributed by atoms with Crippen LogP contribution in [-0.2, 0) is 13.0 Å². The van der Waals surface area contributed by atoms with Gasteiger partial charge in [-0.2, -0.15) is 5.10 Å². The summed E-state index contributed by atoms with van der Waals surface area (Å²) in [4.78, 5) is 16.7. The fourth-order valence-corrected chi connectivity index (χ4v) is 2.94. The van der Waals surface area contributed by atoms with E-state index >= 15 is 0 Å². The Balaban J connectivity index is 1.46. The minimum Gasteiger partial charge on any atom is -0.491 e. The molecule has 0 spiro atoms. The van der Waals surface area contributed by atoms with E-state index in [9.17, 15) is 4.79 Å². The Morgan fingerprint density at radius 1 is 1.40 bits per heavy atom. The third kappa shape index (κ3) is 4.29. The monoisotopic (exact) mass is 343 g/mol. The van der Waals surface area contributed by atoms with Gasteiger partial charge in [0.15, 0.2) is 5.82 Å². The van der Waals surface area contributed by atoms with Crippen LogP contribution >= 0.6 is 0 Å². The molecule has 2 heterocycles. The van der Waals surface area contributed by atoms with Crippen LogP contribution in [0.1, 0.15) is 43.0 Å². The summed E-state index contributed by atoms with van der Waals surface area (Å²) in [6.07, 6.45) is 2.67. The maximum atomic E-state index is 12.1. The number of fused-ring (bicyclic) bond motifs is 1. The highest BCUT2D eigenvalue weighted by molar-refractivity contribution is 5.74. The Kier molecular flexibility index (Phi) is 5.53. The molecule has 0 bridgehead atoms. The van der Waals surface area contributed by atoms with Gasteiger partial charge in [0.1, 0.15) is 18.2 Å². The van der Waals surface area contributed by atoms with Gasteiger partial charge in [-0.05, 0) is 31.4 Å². The number of aromatic nitrogens is 3. The first kappa shape index (κ1) is 17.3. The van der Waals surface area contributed by atoms with Crippen molar-refractivity contribution in [1.29, 1.82) is 0 Å². The Hall–Kier alpha value is -2.57. The van der Waals surface area contributed by atoms with E-state index in [1.165, 1.54) is 0 Å². The predicted octanol–water partition coefficient (Wildman–Crippen LogP) is 2.36. The van der Waals surface area contributed by atoms with Gasteiger partial charge in [0.05, 0.1) is 12.6 Å². The standard InChI is InChI=1S/C18H25N5O2/c1-3-16-21-17-14(8-6-11-23(17)22-16)20-18(24)19-10-12-25-15-9-5-4-7-13(15)2/h4-5,7,9,14H,3,6,8,10-12H2,1-2H3,(H2,19,20,24)/t14-/m0/s1. The van der Waals surface area contributed by atoms with Crippen LogP contribution in [0.2, 0.25) is 0 Å². The topological polar surface area (TPSA) is 81.1 Å². The van der Waals surface area contributed by atoms with Crippen LogP contribution in [0.3, 0.4) is 0 Å². The number of aryl methyl sites for hydroxylation is 3. The molecule has 0 fully saturated rings. The van der Waals surface area contributed by atoms with Crippen molar-refractivity contribution in [3.63, 3.8) is 0 Å². The molecule has 0 saturated heterocycles. The average Bonchev–Trinajstić information content (AvgIpc) is 3.04. The van der Waals surface area contributed by atoms with E-state index in [1.807, 2.05) is 42.8 Å². The number of ether oxygens (including phenoxy) is 1. The van der Waals surface area contributed by atoms with E-state index < -0.39 is 0 Å². The number of benzene rings is 1. The van der Waals surface area contributed by atoms with Crippen molar-refractivity contribution in [1.82, 2.24) is 25.4 Å². The molecule has 1 aromatic carbocycles. The van der Waals surface area contributed by atoms with E-state index in [0.717, 1.165) is 48.8 Å². The molecule has 0 unspecified atom stereocenters. The second-order valence-corrected chi connectivity index (χ2v) is 6.17.